The predicted octanol–water partition coefficient (Wildman–Crippen LogP) is 2.23. The van der Waals surface area contributed by atoms with Crippen molar-refractivity contribution >= 4 is 29.3 Å². The maximum absolute atomic E-state index is 12.1. The number of thioether (sulfide) groups is 1. The number of hydrogen-bond acceptors (Lipinski definition) is 6. The lowest BCUT2D eigenvalue weighted by atomic mass is 10.2. The maximum Gasteiger partial charge on any atom is 0.257 e. The van der Waals surface area contributed by atoms with Crippen molar-refractivity contribution in [2.75, 3.05) is 11.6 Å². The Hall–Kier alpha value is -1.57. The lowest BCUT2D eigenvalue weighted by molar-refractivity contribution is -0.123. The summed E-state index contributed by atoms with van der Waals surface area (Å²) in [5.41, 5.74) is 0.788. The molecule has 1 saturated heterocycles. The smallest absolute Gasteiger partial charge is 0.257 e. The van der Waals surface area contributed by atoms with E-state index in [1.165, 1.54) is 0 Å². The molecule has 2 atom stereocenters. The molecule has 0 aliphatic carbocycles. The minimum atomic E-state index is -0.315. The summed E-state index contributed by atoms with van der Waals surface area (Å²) in [4.78, 5) is 16.4. The molecule has 6 nitrogen and oxygen atoms in total. The van der Waals surface area contributed by atoms with Gasteiger partial charge in [-0.3, -0.25) is 10.1 Å². The van der Waals surface area contributed by atoms with Crippen LogP contribution in [-0.2, 0) is 4.79 Å². The second kappa shape index (κ2) is 6.68. The number of benzene rings is 1. The van der Waals surface area contributed by atoms with E-state index in [0.717, 1.165) is 17.2 Å². The molecule has 1 fully saturated rings. The lowest BCUT2D eigenvalue weighted by Gasteiger charge is -2.13. The Morgan fingerprint density at radius 1 is 1.50 bits per heavy atom. The summed E-state index contributed by atoms with van der Waals surface area (Å²) in [6, 6.07) is 6.66. The van der Waals surface area contributed by atoms with Crippen LogP contribution in [0, 0.1) is 0 Å². The first-order valence-electron chi connectivity index (χ1n) is 6.84. The number of aromatic nitrogens is 2. The Labute approximate surface area is 137 Å². The molecule has 1 aromatic carbocycles. The second-order valence-corrected chi connectivity index (χ2v) is 6.43. The molecular weight excluding hydrogens is 324 g/mol. The van der Waals surface area contributed by atoms with Crippen LogP contribution in [-0.4, -0.2) is 33.7 Å². The molecular formula is C14H15ClN4O2S. The number of hydrogen-bond donors (Lipinski definition) is 2. The summed E-state index contributed by atoms with van der Waals surface area (Å²) >= 11 is 7.56. The normalized spacial score (nSPS) is 19.1. The molecule has 1 amide bonds. The first-order valence-corrected chi connectivity index (χ1v) is 8.38. The molecule has 0 spiro atoms. The van der Waals surface area contributed by atoms with Crippen molar-refractivity contribution in [1.82, 2.24) is 20.8 Å². The van der Waals surface area contributed by atoms with Crippen LogP contribution in [0.5, 0.6) is 0 Å². The number of carbonyl (C=O) groups excluding carboxylic acids is 1. The molecule has 1 unspecified atom stereocenters. The van der Waals surface area contributed by atoms with Gasteiger partial charge in [-0.25, -0.2) is 0 Å². The van der Waals surface area contributed by atoms with Gasteiger partial charge in [0, 0.05) is 22.2 Å². The number of halogens is 1. The van der Waals surface area contributed by atoms with Crippen molar-refractivity contribution in [3.8, 4) is 11.5 Å². The van der Waals surface area contributed by atoms with Gasteiger partial charge >= 0.3 is 0 Å². The van der Waals surface area contributed by atoms with E-state index in [0.29, 0.717) is 16.7 Å². The van der Waals surface area contributed by atoms with Crippen LogP contribution in [0.2, 0.25) is 5.02 Å². The van der Waals surface area contributed by atoms with Gasteiger partial charge in [0.05, 0.1) is 12.1 Å². The van der Waals surface area contributed by atoms with Crippen LogP contribution in [0.25, 0.3) is 11.5 Å². The van der Waals surface area contributed by atoms with E-state index in [9.17, 15) is 4.79 Å². The third kappa shape index (κ3) is 3.43. The zero-order chi connectivity index (χ0) is 15.5. The summed E-state index contributed by atoms with van der Waals surface area (Å²) in [6.45, 7) is 1.83. The van der Waals surface area contributed by atoms with E-state index in [2.05, 4.69) is 20.8 Å². The first-order chi connectivity index (χ1) is 10.6. The summed E-state index contributed by atoms with van der Waals surface area (Å²) in [6.07, 6.45) is 0. The molecule has 0 saturated carbocycles. The summed E-state index contributed by atoms with van der Waals surface area (Å²) in [7, 11) is 0. The fraction of sp³-hybridized carbons (Fsp3) is 0.357. The van der Waals surface area contributed by atoms with Crippen LogP contribution in [0.1, 0.15) is 18.8 Å². The van der Waals surface area contributed by atoms with Crippen molar-refractivity contribution in [3.63, 3.8) is 0 Å². The van der Waals surface area contributed by atoms with Crippen LogP contribution in [0.4, 0.5) is 0 Å². The summed E-state index contributed by atoms with van der Waals surface area (Å²) < 4.78 is 5.24. The molecule has 3 rings (SSSR count). The molecule has 22 heavy (non-hydrogen) atoms. The molecule has 0 bridgehead atoms. The molecule has 2 N–H and O–H groups in total. The predicted molar refractivity (Wildman–Crippen MR) is 85.6 cm³/mol. The topological polar surface area (TPSA) is 80.0 Å². The number of nitrogens with zero attached hydrogens (tertiary/aromatic N) is 2. The van der Waals surface area contributed by atoms with Crippen molar-refractivity contribution in [2.24, 2.45) is 0 Å². The van der Waals surface area contributed by atoms with Crippen LogP contribution < -0.4 is 10.6 Å². The van der Waals surface area contributed by atoms with Crippen LogP contribution in [0.3, 0.4) is 0 Å². The lowest BCUT2D eigenvalue weighted by Crippen LogP contribution is -2.43. The Bertz CT molecular complexity index is 655. The molecule has 1 aliphatic heterocycles. The summed E-state index contributed by atoms with van der Waals surface area (Å²) in [5, 5.41) is 10.6. The van der Waals surface area contributed by atoms with Gasteiger partial charge in [0.25, 0.3) is 5.89 Å². The minimum Gasteiger partial charge on any atom is -0.345 e. The Morgan fingerprint density at radius 2 is 2.27 bits per heavy atom. The highest BCUT2D eigenvalue weighted by Crippen LogP contribution is 2.21. The first kappa shape index (κ1) is 15.3. The highest BCUT2D eigenvalue weighted by molar-refractivity contribution is 7.99. The third-order valence-electron chi connectivity index (χ3n) is 3.31. The highest BCUT2D eigenvalue weighted by Gasteiger charge is 2.25. The number of amides is 1. The zero-order valence-electron chi connectivity index (χ0n) is 11.9. The van der Waals surface area contributed by atoms with Gasteiger partial charge in [-0.1, -0.05) is 16.8 Å². The Morgan fingerprint density at radius 3 is 2.95 bits per heavy atom. The van der Waals surface area contributed by atoms with Gasteiger partial charge in [0.15, 0.2) is 5.82 Å². The van der Waals surface area contributed by atoms with E-state index < -0.39 is 0 Å². The average molecular weight is 339 g/mol. The van der Waals surface area contributed by atoms with Crippen LogP contribution >= 0.6 is 23.4 Å². The van der Waals surface area contributed by atoms with E-state index in [4.69, 9.17) is 16.1 Å². The van der Waals surface area contributed by atoms with Crippen molar-refractivity contribution in [3.05, 3.63) is 35.1 Å². The largest absolute Gasteiger partial charge is 0.345 e. The van der Waals surface area contributed by atoms with E-state index in [1.807, 2.05) is 19.1 Å². The van der Waals surface area contributed by atoms with Gasteiger partial charge in [0.1, 0.15) is 0 Å². The highest BCUT2D eigenvalue weighted by atomic mass is 35.5. The van der Waals surface area contributed by atoms with E-state index in [1.54, 1.807) is 23.9 Å². The fourth-order valence-corrected chi connectivity index (χ4v) is 3.13. The Kier molecular flexibility index (Phi) is 4.66. The van der Waals surface area contributed by atoms with E-state index >= 15 is 0 Å². The number of rotatable bonds is 4. The molecule has 2 heterocycles. The molecule has 1 aliphatic rings. The van der Waals surface area contributed by atoms with Crippen molar-refractivity contribution in [2.45, 2.75) is 19.0 Å². The van der Waals surface area contributed by atoms with Crippen LogP contribution in [0.15, 0.2) is 28.8 Å². The third-order valence-corrected chi connectivity index (χ3v) is 4.50. The molecule has 0 radical (unpaired) electrons. The second-order valence-electron chi connectivity index (χ2n) is 4.97. The number of nitrogens with one attached hydrogen (secondary N) is 2. The zero-order valence-corrected chi connectivity index (χ0v) is 13.4. The van der Waals surface area contributed by atoms with Gasteiger partial charge in [0.2, 0.25) is 5.91 Å². The molecule has 2 aromatic rings. The molecule has 1 aromatic heterocycles. The van der Waals surface area contributed by atoms with Crippen molar-refractivity contribution in [1.29, 1.82) is 0 Å². The SMILES string of the molecule is CC(NC(=O)[C@H]1CSCN1)c1noc(-c2ccc(Cl)cc2)n1. The molecule has 116 valence electrons. The summed E-state index contributed by atoms with van der Waals surface area (Å²) in [5.74, 6) is 2.39. The molecule has 8 heteroatoms. The fourth-order valence-electron chi connectivity index (χ4n) is 2.06. The van der Waals surface area contributed by atoms with E-state index in [-0.39, 0.29) is 18.0 Å². The van der Waals surface area contributed by atoms with Gasteiger partial charge < -0.3 is 9.84 Å². The standard InChI is InChI=1S/C14H15ClN4O2S/c1-8(17-13(20)11-6-22-7-16-11)12-18-14(21-19-12)9-2-4-10(15)5-3-9/h2-5,8,11,16H,6-7H2,1H3,(H,17,20)/t8?,11-/m1/s1. The maximum atomic E-state index is 12.1. The minimum absolute atomic E-state index is 0.0460. The quantitative estimate of drug-likeness (QED) is 0.890. The Balaban J connectivity index is 1.67. The van der Waals surface area contributed by atoms with Crippen molar-refractivity contribution < 1.29 is 9.32 Å². The average Bonchev–Trinajstić information content (AvgIpc) is 3.20. The number of carbonyl (C=O) groups is 1. The van der Waals surface area contributed by atoms with Gasteiger partial charge in [-0.2, -0.15) is 4.98 Å². The van der Waals surface area contributed by atoms with Gasteiger partial charge in [-0.05, 0) is 31.2 Å². The van der Waals surface area contributed by atoms with Gasteiger partial charge in [-0.15, -0.1) is 11.8 Å². The monoisotopic (exact) mass is 338 g/mol.